The largest absolute Gasteiger partial charge is 0.351 e. The van der Waals surface area contributed by atoms with Crippen molar-refractivity contribution in [2.45, 2.75) is 71.4 Å². The van der Waals surface area contributed by atoms with Gasteiger partial charge in [0.25, 0.3) is 0 Å². The van der Waals surface area contributed by atoms with E-state index in [-0.39, 0.29) is 11.9 Å². The summed E-state index contributed by atoms with van der Waals surface area (Å²) in [6.45, 7) is 4.95. The zero-order valence-electron chi connectivity index (χ0n) is 14.9. The van der Waals surface area contributed by atoms with Gasteiger partial charge in [-0.15, -0.1) is 0 Å². The molecule has 5 nitrogen and oxygen atoms in total. The van der Waals surface area contributed by atoms with Crippen LogP contribution >= 0.6 is 0 Å². The maximum atomic E-state index is 12.8. The number of amides is 1. The molecule has 4 aliphatic carbocycles. The Morgan fingerprint density at radius 1 is 1.12 bits per heavy atom. The van der Waals surface area contributed by atoms with E-state index in [4.69, 9.17) is 0 Å². The maximum absolute atomic E-state index is 12.8. The standard InChI is InChI=1S/C19H30N4O/c1-13(2)17(12-23-20-3-4-21-23)22-18(24)11-19-8-14-5-15(9-19)7-16(6-14)10-19/h3-4,13-17H,5-12H2,1-2H3,(H,22,24). The lowest BCUT2D eigenvalue weighted by Crippen LogP contribution is -2.49. The Balaban J connectivity index is 1.38. The van der Waals surface area contributed by atoms with Crippen LogP contribution in [0.5, 0.6) is 0 Å². The fourth-order valence-corrected chi connectivity index (χ4v) is 6.04. The van der Waals surface area contributed by atoms with Crippen LogP contribution in [0.4, 0.5) is 0 Å². The Labute approximate surface area is 144 Å². The van der Waals surface area contributed by atoms with E-state index >= 15 is 0 Å². The number of nitrogens with one attached hydrogen (secondary N) is 1. The molecule has 4 fully saturated rings. The number of rotatable bonds is 6. The number of nitrogens with zero attached hydrogens (tertiary/aromatic N) is 3. The van der Waals surface area contributed by atoms with Crippen molar-refractivity contribution in [2.75, 3.05) is 0 Å². The van der Waals surface area contributed by atoms with Crippen LogP contribution in [0.15, 0.2) is 12.4 Å². The van der Waals surface area contributed by atoms with Crippen LogP contribution in [0.3, 0.4) is 0 Å². The predicted octanol–water partition coefficient (Wildman–Crippen LogP) is 3.03. The SMILES string of the molecule is CC(C)C(Cn1nccn1)NC(=O)CC12CC3CC(CC(C3)C1)C2. The smallest absolute Gasteiger partial charge is 0.220 e. The molecule has 0 saturated heterocycles. The molecule has 1 aromatic heterocycles. The van der Waals surface area contributed by atoms with E-state index in [0.29, 0.717) is 17.9 Å². The zero-order valence-corrected chi connectivity index (χ0v) is 14.9. The fourth-order valence-electron chi connectivity index (χ4n) is 6.04. The monoisotopic (exact) mass is 330 g/mol. The quantitative estimate of drug-likeness (QED) is 0.872. The second-order valence-corrected chi connectivity index (χ2v) is 9.10. The second kappa shape index (κ2) is 6.16. The first-order valence-corrected chi connectivity index (χ1v) is 9.65. The molecular formula is C19H30N4O. The molecule has 24 heavy (non-hydrogen) atoms. The molecule has 1 N–H and O–H groups in total. The molecule has 132 valence electrons. The van der Waals surface area contributed by atoms with Gasteiger partial charge in [-0.25, -0.2) is 0 Å². The highest BCUT2D eigenvalue weighted by atomic mass is 16.1. The molecule has 0 aliphatic heterocycles. The highest BCUT2D eigenvalue weighted by Crippen LogP contribution is 2.61. The molecule has 1 heterocycles. The number of hydrogen-bond acceptors (Lipinski definition) is 3. The summed E-state index contributed by atoms with van der Waals surface area (Å²) < 4.78 is 0. The van der Waals surface area contributed by atoms with Crippen LogP contribution in [0.2, 0.25) is 0 Å². The minimum atomic E-state index is 0.0961. The zero-order chi connectivity index (χ0) is 16.7. The van der Waals surface area contributed by atoms with E-state index in [0.717, 1.165) is 24.2 Å². The molecule has 0 spiro atoms. The second-order valence-electron chi connectivity index (χ2n) is 9.10. The summed E-state index contributed by atoms with van der Waals surface area (Å²) in [5, 5.41) is 11.7. The summed E-state index contributed by atoms with van der Waals surface area (Å²) in [5.74, 6) is 3.31. The first-order valence-electron chi connectivity index (χ1n) is 9.65. The van der Waals surface area contributed by atoms with Crippen molar-refractivity contribution in [1.82, 2.24) is 20.3 Å². The number of carbonyl (C=O) groups is 1. The molecule has 0 radical (unpaired) electrons. The minimum Gasteiger partial charge on any atom is -0.351 e. The average molecular weight is 330 g/mol. The lowest BCUT2D eigenvalue weighted by atomic mass is 9.49. The summed E-state index contributed by atoms with van der Waals surface area (Å²) >= 11 is 0. The molecule has 4 aliphatic rings. The van der Waals surface area contributed by atoms with Crippen molar-refractivity contribution in [3.05, 3.63) is 12.4 Å². The Morgan fingerprint density at radius 2 is 1.67 bits per heavy atom. The molecule has 0 aromatic carbocycles. The van der Waals surface area contributed by atoms with E-state index in [1.165, 1.54) is 38.5 Å². The molecule has 1 unspecified atom stereocenters. The van der Waals surface area contributed by atoms with Crippen LogP contribution in [0.1, 0.15) is 58.8 Å². The van der Waals surface area contributed by atoms with Crippen LogP contribution < -0.4 is 5.32 Å². The van der Waals surface area contributed by atoms with Crippen LogP contribution in [0, 0.1) is 29.1 Å². The first kappa shape index (κ1) is 16.1. The Morgan fingerprint density at radius 3 is 2.17 bits per heavy atom. The third-order valence-corrected chi connectivity index (χ3v) is 6.68. The summed E-state index contributed by atoms with van der Waals surface area (Å²) in [5.41, 5.74) is 0.310. The Hall–Kier alpha value is -1.39. The molecule has 4 saturated carbocycles. The van der Waals surface area contributed by atoms with Crippen molar-refractivity contribution in [3.63, 3.8) is 0 Å². The molecule has 5 heteroatoms. The van der Waals surface area contributed by atoms with Gasteiger partial charge in [-0.1, -0.05) is 13.8 Å². The van der Waals surface area contributed by atoms with E-state index in [1.807, 2.05) is 0 Å². The van der Waals surface area contributed by atoms with Crippen molar-refractivity contribution in [1.29, 1.82) is 0 Å². The molecular weight excluding hydrogens is 300 g/mol. The molecule has 4 bridgehead atoms. The number of hydrogen-bond donors (Lipinski definition) is 1. The van der Waals surface area contributed by atoms with E-state index < -0.39 is 0 Å². The summed E-state index contributed by atoms with van der Waals surface area (Å²) in [4.78, 5) is 14.5. The van der Waals surface area contributed by atoms with Crippen molar-refractivity contribution >= 4 is 5.91 Å². The van der Waals surface area contributed by atoms with Crippen molar-refractivity contribution in [3.8, 4) is 0 Å². The normalized spacial score (nSPS) is 35.4. The lowest BCUT2D eigenvalue weighted by Gasteiger charge is -2.56. The Kier molecular flexibility index (Phi) is 4.13. The lowest BCUT2D eigenvalue weighted by molar-refractivity contribution is -0.130. The maximum Gasteiger partial charge on any atom is 0.220 e. The molecule has 1 aromatic rings. The molecule has 1 amide bonds. The molecule has 1 atom stereocenters. The first-order chi connectivity index (χ1) is 11.5. The topological polar surface area (TPSA) is 59.8 Å². The summed E-state index contributed by atoms with van der Waals surface area (Å²) in [6, 6.07) is 0.0961. The van der Waals surface area contributed by atoms with Gasteiger partial charge in [-0.3, -0.25) is 4.79 Å². The highest BCUT2D eigenvalue weighted by Gasteiger charge is 2.51. The summed E-state index contributed by atoms with van der Waals surface area (Å²) in [6.07, 6.45) is 12.3. The van der Waals surface area contributed by atoms with Gasteiger partial charge in [0.1, 0.15) is 0 Å². The Bertz CT molecular complexity index is 545. The van der Waals surface area contributed by atoms with Gasteiger partial charge in [0.2, 0.25) is 5.91 Å². The highest BCUT2D eigenvalue weighted by molar-refractivity contribution is 5.77. The van der Waals surface area contributed by atoms with Gasteiger partial charge < -0.3 is 5.32 Å². The van der Waals surface area contributed by atoms with Gasteiger partial charge >= 0.3 is 0 Å². The molecule has 5 rings (SSSR count). The van der Waals surface area contributed by atoms with Crippen molar-refractivity contribution in [2.24, 2.45) is 29.1 Å². The van der Waals surface area contributed by atoms with E-state index in [2.05, 4.69) is 29.4 Å². The third-order valence-electron chi connectivity index (χ3n) is 6.68. The van der Waals surface area contributed by atoms with Gasteiger partial charge in [0, 0.05) is 6.42 Å². The van der Waals surface area contributed by atoms with E-state index in [9.17, 15) is 4.79 Å². The van der Waals surface area contributed by atoms with Gasteiger partial charge in [0.15, 0.2) is 0 Å². The number of aromatic nitrogens is 3. The minimum absolute atomic E-state index is 0.0961. The van der Waals surface area contributed by atoms with Crippen LogP contribution in [-0.2, 0) is 11.3 Å². The summed E-state index contributed by atoms with van der Waals surface area (Å²) in [7, 11) is 0. The predicted molar refractivity (Wildman–Crippen MR) is 92.0 cm³/mol. The van der Waals surface area contributed by atoms with E-state index in [1.54, 1.807) is 17.2 Å². The van der Waals surface area contributed by atoms with Crippen LogP contribution in [0.25, 0.3) is 0 Å². The van der Waals surface area contributed by atoms with Gasteiger partial charge in [-0.2, -0.15) is 15.0 Å². The third kappa shape index (κ3) is 3.22. The van der Waals surface area contributed by atoms with Gasteiger partial charge in [0.05, 0.1) is 25.0 Å². The van der Waals surface area contributed by atoms with Crippen LogP contribution in [-0.4, -0.2) is 26.9 Å². The number of carbonyl (C=O) groups excluding carboxylic acids is 1. The average Bonchev–Trinajstić information content (AvgIpc) is 2.97. The van der Waals surface area contributed by atoms with Gasteiger partial charge in [-0.05, 0) is 67.6 Å². The van der Waals surface area contributed by atoms with Crippen molar-refractivity contribution < 1.29 is 4.79 Å². The fraction of sp³-hybridized carbons (Fsp3) is 0.842.